The summed E-state index contributed by atoms with van der Waals surface area (Å²) in [4.78, 5) is 60.3. The summed E-state index contributed by atoms with van der Waals surface area (Å²) in [5.74, 6) is -3.35. The number of hydrogen-bond acceptors (Lipinski definition) is 13. The fraction of sp³-hybridized carbons (Fsp3) is 0.846. The topological polar surface area (TPSA) is 389 Å². The number of carboxylic acids is 6. The van der Waals surface area contributed by atoms with Crippen molar-refractivity contribution in [2.24, 2.45) is 52.2 Å². The molecule has 0 aromatic carbocycles. The molecule has 19 heteroatoms. The minimum atomic E-state index is -0.838. The van der Waals surface area contributed by atoms with Gasteiger partial charge in [0, 0.05) is 48.8 Å². The number of nitrogens with two attached hydrogens (primary N) is 6. The molecule has 0 radical (unpaired) electrons. The van der Waals surface area contributed by atoms with Gasteiger partial charge >= 0.3 is 35.8 Å². The Morgan fingerprint density at radius 1 is 0.569 bits per heavy atom. The van der Waals surface area contributed by atoms with Crippen LogP contribution in [0.15, 0.2) is 0 Å². The lowest BCUT2D eigenvalue weighted by Gasteiger charge is -2.14. The highest BCUT2D eigenvalue weighted by atomic mass is 16.5. The van der Waals surface area contributed by atoms with Crippen molar-refractivity contribution in [1.29, 1.82) is 0 Å². The van der Waals surface area contributed by atoms with Crippen molar-refractivity contribution in [2.45, 2.75) is 180 Å². The lowest BCUT2D eigenvalue weighted by molar-refractivity contribution is -0.138. The van der Waals surface area contributed by atoms with E-state index < -0.39 is 35.8 Å². The summed E-state index contributed by atoms with van der Waals surface area (Å²) in [7, 11) is 0. The zero-order valence-electron chi connectivity index (χ0n) is 35.6. The molecular weight excluding hydrogens is 760 g/mol. The summed E-state index contributed by atoms with van der Waals surface area (Å²) in [6, 6.07) is -1.12. The molecule has 1 aliphatic carbocycles. The summed E-state index contributed by atoms with van der Waals surface area (Å²) >= 11 is 0. The first-order valence-corrected chi connectivity index (χ1v) is 20.3. The van der Waals surface area contributed by atoms with Gasteiger partial charge in [-0.3, -0.25) is 28.8 Å². The van der Waals surface area contributed by atoms with Gasteiger partial charge in [0.25, 0.3) is 0 Å². The molecule has 0 amide bonds. The Balaban J connectivity index is -0.000000305. The minimum absolute atomic E-state index is 0.0496. The van der Waals surface area contributed by atoms with Crippen LogP contribution in [0.2, 0.25) is 0 Å². The van der Waals surface area contributed by atoms with Crippen LogP contribution in [0.4, 0.5) is 0 Å². The standard InChI is InChI=1S/C10H19NO2.C7H13NO3.C7H15NO2.C6H13NO2.C5H11NO2.C4H9NO2/c11-9(7-10(12)13)6-5-8-3-1-2-4-8;8-6(3-7(9)10)5-1-2-11-4-5;1-5(2)3-6(8)4-7(9)10;1-2-3-5(7)4-6(8)9;1-2-4(6)3-5(7)8;1-3(5)2-4(6)7/h8-9H,1-7,11H2,(H,12,13);5-6H,1-4,8H2,(H,9,10);5-6H,3-4,8H2,1-2H3,(H,9,10);5H,2-4,7H2,1H3,(H,8,9);4H,2-3,6H2,1H3,(H,7,8);3H,2,5H2,1H3,(H,6,7). The van der Waals surface area contributed by atoms with E-state index >= 15 is 0 Å². The molecule has 18 N–H and O–H groups in total. The van der Waals surface area contributed by atoms with E-state index in [1.165, 1.54) is 25.7 Å². The van der Waals surface area contributed by atoms with Gasteiger partial charge in [-0.25, -0.2) is 0 Å². The van der Waals surface area contributed by atoms with Crippen LogP contribution in [0.25, 0.3) is 0 Å². The Labute approximate surface area is 345 Å². The van der Waals surface area contributed by atoms with Crippen molar-refractivity contribution >= 4 is 35.8 Å². The van der Waals surface area contributed by atoms with Gasteiger partial charge in [0.1, 0.15) is 0 Å². The summed E-state index contributed by atoms with van der Waals surface area (Å²) in [5, 5.41) is 49.6. The van der Waals surface area contributed by atoms with Crippen LogP contribution in [-0.2, 0) is 33.5 Å². The highest BCUT2D eigenvalue weighted by Crippen LogP contribution is 2.29. The van der Waals surface area contributed by atoms with Crippen molar-refractivity contribution in [2.75, 3.05) is 13.2 Å². The number of hydrogen-bond donors (Lipinski definition) is 12. The van der Waals surface area contributed by atoms with Crippen LogP contribution >= 0.6 is 0 Å². The number of ether oxygens (including phenoxy) is 1. The Morgan fingerprint density at radius 3 is 1.29 bits per heavy atom. The molecule has 7 atom stereocenters. The third-order valence-electron chi connectivity index (χ3n) is 8.60. The molecule has 7 unspecified atom stereocenters. The van der Waals surface area contributed by atoms with Crippen LogP contribution in [0.3, 0.4) is 0 Å². The van der Waals surface area contributed by atoms with Gasteiger partial charge in [-0.1, -0.05) is 59.8 Å². The van der Waals surface area contributed by atoms with Crippen LogP contribution in [0.1, 0.15) is 144 Å². The lowest BCUT2D eigenvalue weighted by Crippen LogP contribution is -2.32. The van der Waals surface area contributed by atoms with Gasteiger partial charge in [-0.05, 0) is 57.3 Å². The summed E-state index contributed by atoms with van der Waals surface area (Å²) < 4.78 is 5.09. The largest absolute Gasteiger partial charge is 0.481 e. The van der Waals surface area contributed by atoms with Crippen LogP contribution in [0.5, 0.6) is 0 Å². The Bertz CT molecular complexity index is 1090. The molecule has 0 spiro atoms. The summed E-state index contributed by atoms with van der Waals surface area (Å²) in [6.45, 7) is 10.9. The molecule has 2 aliphatic rings. The molecule has 2 rings (SSSR count). The van der Waals surface area contributed by atoms with Crippen molar-refractivity contribution in [3.63, 3.8) is 0 Å². The quantitative estimate of drug-likeness (QED) is 0.0790. The summed E-state index contributed by atoms with van der Waals surface area (Å²) in [5.41, 5.74) is 32.6. The predicted molar refractivity (Wildman–Crippen MR) is 222 cm³/mol. The van der Waals surface area contributed by atoms with Crippen molar-refractivity contribution in [3.8, 4) is 0 Å². The SMILES string of the molecule is CC(C)CC(N)CC(=O)O.CC(N)CC(=O)O.CCC(N)CC(=O)O.CCCC(N)CC(=O)O.NC(CC(=O)O)C1CCOC1.NC(CCC1CCCC1)CC(=O)O. The number of rotatable bonds is 21. The third-order valence-corrected chi connectivity index (χ3v) is 8.60. The van der Waals surface area contributed by atoms with E-state index in [0.29, 0.717) is 12.5 Å². The molecule has 19 nitrogen and oxygen atoms in total. The first-order chi connectivity index (χ1) is 26.9. The van der Waals surface area contributed by atoms with E-state index in [1.54, 1.807) is 6.92 Å². The maximum absolute atomic E-state index is 10.3. The summed E-state index contributed by atoms with van der Waals surface area (Å²) in [6.07, 6.45) is 12.0. The molecule has 344 valence electrons. The lowest BCUT2D eigenvalue weighted by atomic mass is 9.97. The minimum Gasteiger partial charge on any atom is -0.481 e. The fourth-order valence-corrected chi connectivity index (χ4v) is 5.59. The van der Waals surface area contributed by atoms with Crippen molar-refractivity contribution in [1.82, 2.24) is 0 Å². The van der Waals surface area contributed by atoms with Gasteiger partial charge < -0.3 is 69.8 Å². The number of carbonyl (C=O) groups is 6. The molecule has 2 fully saturated rings. The Hall–Kier alpha value is -3.46. The van der Waals surface area contributed by atoms with E-state index in [0.717, 1.165) is 57.5 Å². The van der Waals surface area contributed by atoms with Gasteiger partial charge in [0.15, 0.2) is 0 Å². The second-order valence-corrected chi connectivity index (χ2v) is 15.4. The molecule has 1 saturated carbocycles. The second-order valence-electron chi connectivity index (χ2n) is 15.4. The monoisotopic (exact) mass is 841 g/mol. The average Bonchev–Trinajstić information content (AvgIpc) is 3.78. The van der Waals surface area contributed by atoms with E-state index in [1.807, 2.05) is 27.7 Å². The zero-order valence-corrected chi connectivity index (χ0v) is 35.6. The third kappa shape index (κ3) is 50.6. The molecule has 1 heterocycles. The van der Waals surface area contributed by atoms with Crippen molar-refractivity contribution in [3.05, 3.63) is 0 Å². The number of carboxylic acid groups (broad SMARTS) is 6. The molecule has 1 aliphatic heterocycles. The van der Waals surface area contributed by atoms with Gasteiger partial charge in [0.05, 0.1) is 45.1 Å². The highest BCUT2D eigenvalue weighted by Gasteiger charge is 2.24. The van der Waals surface area contributed by atoms with Gasteiger partial charge in [0.2, 0.25) is 0 Å². The van der Waals surface area contributed by atoms with E-state index in [2.05, 4.69) is 0 Å². The molecule has 0 aromatic heterocycles. The molecule has 58 heavy (non-hydrogen) atoms. The van der Waals surface area contributed by atoms with E-state index in [9.17, 15) is 28.8 Å². The Morgan fingerprint density at radius 2 is 0.983 bits per heavy atom. The van der Waals surface area contributed by atoms with Gasteiger partial charge in [-0.15, -0.1) is 0 Å². The first kappa shape index (κ1) is 61.2. The average molecular weight is 841 g/mol. The van der Waals surface area contributed by atoms with Crippen LogP contribution in [0, 0.1) is 17.8 Å². The van der Waals surface area contributed by atoms with Crippen LogP contribution < -0.4 is 34.4 Å². The molecule has 1 saturated heterocycles. The molecule has 0 aromatic rings. The fourth-order valence-electron chi connectivity index (χ4n) is 5.59. The van der Waals surface area contributed by atoms with E-state index in [4.69, 9.17) is 69.8 Å². The van der Waals surface area contributed by atoms with E-state index in [-0.39, 0.29) is 80.7 Å². The maximum atomic E-state index is 10.3. The Kier molecular flexibility index (Phi) is 41.2. The highest BCUT2D eigenvalue weighted by molar-refractivity contribution is 5.69. The molecule has 0 bridgehead atoms. The maximum Gasteiger partial charge on any atom is 0.304 e. The first-order valence-electron chi connectivity index (χ1n) is 20.3. The normalized spacial score (nSPS) is 17.5. The van der Waals surface area contributed by atoms with Crippen molar-refractivity contribution < 1.29 is 64.1 Å². The predicted octanol–water partition coefficient (Wildman–Crippen LogP) is 3.01. The smallest absolute Gasteiger partial charge is 0.304 e. The van der Waals surface area contributed by atoms with Crippen LogP contribution in [-0.4, -0.2) is 116 Å². The van der Waals surface area contributed by atoms with Gasteiger partial charge in [-0.2, -0.15) is 0 Å². The number of aliphatic carboxylic acids is 6. The molecular formula is C39H80N6O13. The zero-order chi connectivity index (χ0) is 45.8. The second kappa shape index (κ2) is 39.0.